The van der Waals surface area contributed by atoms with Crippen molar-refractivity contribution in [2.75, 3.05) is 6.79 Å². The SMILES string of the molecule is CCCCc1nc2ccc(Br)cc2c(=O)n1N=Cc1cc(Br)c(OCc2ccc3c(c2)OCO3)c(Br)c1. The Hall–Kier alpha value is -2.69. The van der Waals surface area contributed by atoms with Crippen LogP contribution < -0.4 is 19.8 Å². The van der Waals surface area contributed by atoms with Crippen LogP contribution in [0, 0.1) is 0 Å². The predicted molar refractivity (Wildman–Crippen MR) is 154 cm³/mol. The van der Waals surface area contributed by atoms with Crippen molar-refractivity contribution in [3.05, 3.63) is 89.3 Å². The highest BCUT2D eigenvalue weighted by atomic mass is 79.9. The van der Waals surface area contributed by atoms with Gasteiger partial charge in [-0.05, 0) is 91.9 Å². The molecule has 2 heterocycles. The number of hydrogen-bond acceptors (Lipinski definition) is 6. The Morgan fingerprint density at radius 2 is 1.84 bits per heavy atom. The fourth-order valence-electron chi connectivity index (χ4n) is 3.91. The van der Waals surface area contributed by atoms with Gasteiger partial charge in [-0.15, -0.1) is 0 Å². The molecule has 37 heavy (non-hydrogen) atoms. The molecule has 0 aliphatic carbocycles. The van der Waals surface area contributed by atoms with Crippen LogP contribution in [0.1, 0.15) is 36.7 Å². The number of rotatable bonds is 8. The van der Waals surface area contributed by atoms with Gasteiger partial charge < -0.3 is 14.2 Å². The van der Waals surface area contributed by atoms with Crippen LogP contribution in [0.15, 0.2) is 71.8 Å². The summed E-state index contributed by atoms with van der Waals surface area (Å²) in [5, 5.41) is 5.06. The summed E-state index contributed by atoms with van der Waals surface area (Å²) in [6.45, 7) is 2.70. The fraction of sp³-hybridized carbons (Fsp3) is 0.222. The molecule has 0 saturated heterocycles. The first kappa shape index (κ1) is 25.9. The number of hydrogen-bond donors (Lipinski definition) is 0. The number of benzene rings is 3. The Balaban J connectivity index is 1.40. The normalized spacial score (nSPS) is 12.5. The summed E-state index contributed by atoms with van der Waals surface area (Å²) in [5.41, 5.74) is 2.22. The maximum atomic E-state index is 13.3. The summed E-state index contributed by atoms with van der Waals surface area (Å²) in [4.78, 5) is 18.0. The molecule has 1 aliphatic rings. The van der Waals surface area contributed by atoms with Gasteiger partial charge in [-0.2, -0.15) is 9.78 Å². The van der Waals surface area contributed by atoms with Crippen molar-refractivity contribution in [2.24, 2.45) is 5.10 Å². The molecule has 0 bridgehead atoms. The van der Waals surface area contributed by atoms with E-state index >= 15 is 0 Å². The Bertz CT molecular complexity index is 1550. The van der Waals surface area contributed by atoms with Crippen LogP contribution in [0.4, 0.5) is 0 Å². The molecular formula is C27H22Br3N3O4. The van der Waals surface area contributed by atoms with Gasteiger partial charge in [0.1, 0.15) is 18.2 Å². The molecule has 0 atom stereocenters. The molecule has 0 N–H and O–H groups in total. The lowest BCUT2D eigenvalue weighted by atomic mass is 10.2. The molecule has 10 heteroatoms. The third-order valence-electron chi connectivity index (χ3n) is 5.79. The van der Waals surface area contributed by atoms with Gasteiger partial charge in [-0.3, -0.25) is 4.79 Å². The molecule has 0 radical (unpaired) electrons. The average molecular weight is 692 g/mol. The van der Waals surface area contributed by atoms with Crippen LogP contribution >= 0.6 is 47.8 Å². The van der Waals surface area contributed by atoms with Gasteiger partial charge in [0.2, 0.25) is 6.79 Å². The van der Waals surface area contributed by atoms with E-state index in [4.69, 9.17) is 19.2 Å². The highest BCUT2D eigenvalue weighted by Gasteiger charge is 2.15. The zero-order chi connectivity index (χ0) is 25.9. The third-order valence-corrected chi connectivity index (χ3v) is 7.46. The Morgan fingerprint density at radius 1 is 1.05 bits per heavy atom. The maximum Gasteiger partial charge on any atom is 0.282 e. The quantitative estimate of drug-likeness (QED) is 0.183. The van der Waals surface area contributed by atoms with E-state index in [0.717, 1.165) is 48.9 Å². The molecule has 0 unspecified atom stereocenters. The Labute approximate surface area is 238 Å². The predicted octanol–water partition coefficient (Wildman–Crippen LogP) is 7.22. The minimum Gasteiger partial charge on any atom is -0.487 e. The first-order valence-electron chi connectivity index (χ1n) is 11.7. The van der Waals surface area contributed by atoms with Gasteiger partial charge >= 0.3 is 0 Å². The van der Waals surface area contributed by atoms with Crippen molar-refractivity contribution in [3.63, 3.8) is 0 Å². The van der Waals surface area contributed by atoms with Crippen molar-refractivity contribution >= 4 is 64.9 Å². The second-order valence-corrected chi connectivity index (χ2v) is 11.1. The highest BCUT2D eigenvalue weighted by Crippen LogP contribution is 2.36. The zero-order valence-corrected chi connectivity index (χ0v) is 24.6. The summed E-state index contributed by atoms with van der Waals surface area (Å²) in [5.74, 6) is 2.75. The molecule has 0 spiro atoms. The number of aromatic nitrogens is 2. The Kier molecular flexibility index (Phi) is 7.97. The molecule has 5 rings (SSSR count). The van der Waals surface area contributed by atoms with Crippen LogP contribution in [-0.4, -0.2) is 22.7 Å². The number of ether oxygens (including phenoxy) is 3. The minimum atomic E-state index is -0.199. The number of nitrogens with zero attached hydrogens (tertiary/aromatic N) is 3. The number of unbranched alkanes of at least 4 members (excludes halogenated alkanes) is 1. The number of fused-ring (bicyclic) bond motifs is 2. The molecule has 4 aromatic rings. The summed E-state index contributed by atoms with van der Waals surface area (Å²) >= 11 is 10.6. The largest absolute Gasteiger partial charge is 0.487 e. The number of aryl methyl sites for hydroxylation is 1. The van der Waals surface area contributed by atoms with E-state index in [-0.39, 0.29) is 12.4 Å². The van der Waals surface area contributed by atoms with Gasteiger partial charge in [-0.25, -0.2) is 4.98 Å². The lowest BCUT2D eigenvalue weighted by Gasteiger charge is -2.12. The van der Waals surface area contributed by atoms with Crippen molar-refractivity contribution in [1.29, 1.82) is 0 Å². The van der Waals surface area contributed by atoms with E-state index in [1.165, 1.54) is 4.68 Å². The first-order valence-corrected chi connectivity index (χ1v) is 14.1. The van der Waals surface area contributed by atoms with Gasteiger partial charge in [0.15, 0.2) is 11.5 Å². The summed E-state index contributed by atoms with van der Waals surface area (Å²) in [6, 6.07) is 15.0. The molecule has 1 aromatic heterocycles. The topological polar surface area (TPSA) is 74.9 Å². The van der Waals surface area contributed by atoms with E-state index in [1.807, 2.05) is 42.5 Å². The van der Waals surface area contributed by atoms with Crippen LogP contribution in [-0.2, 0) is 13.0 Å². The second kappa shape index (κ2) is 11.4. The fourth-order valence-corrected chi connectivity index (χ4v) is 5.72. The van der Waals surface area contributed by atoms with Gasteiger partial charge in [0.25, 0.3) is 5.56 Å². The molecule has 0 fully saturated rings. The molecule has 0 saturated carbocycles. The number of halogens is 3. The molecule has 0 amide bonds. The van der Waals surface area contributed by atoms with Gasteiger partial charge in [0.05, 0.1) is 26.1 Å². The maximum absolute atomic E-state index is 13.3. The van der Waals surface area contributed by atoms with Gasteiger partial charge in [0, 0.05) is 10.9 Å². The molecule has 7 nitrogen and oxygen atoms in total. The monoisotopic (exact) mass is 689 g/mol. The summed E-state index contributed by atoms with van der Waals surface area (Å²) < 4.78 is 20.6. The van der Waals surface area contributed by atoms with E-state index < -0.39 is 0 Å². The lowest BCUT2D eigenvalue weighted by Crippen LogP contribution is -2.22. The van der Waals surface area contributed by atoms with Crippen LogP contribution in [0.5, 0.6) is 17.2 Å². The first-order chi connectivity index (χ1) is 17.9. The zero-order valence-electron chi connectivity index (χ0n) is 19.8. The van der Waals surface area contributed by atoms with Crippen LogP contribution in [0.2, 0.25) is 0 Å². The molecule has 1 aliphatic heterocycles. The highest BCUT2D eigenvalue weighted by molar-refractivity contribution is 9.11. The molecule has 190 valence electrons. The minimum absolute atomic E-state index is 0.199. The van der Waals surface area contributed by atoms with Gasteiger partial charge in [-0.1, -0.05) is 35.3 Å². The van der Waals surface area contributed by atoms with Crippen molar-refractivity contribution in [3.8, 4) is 17.2 Å². The van der Waals surface area contributed by atoms with Crippen LogP contribution in [0.25, 0.3) is 10.9 Å². The summed E-state index contributed by atoms with van der Waals surface area (Å²) in [6.07, 6.45) is 4.22. The van der Waals surface area contributed by atoms with Crippen molar-refractivity contribution in [2.45, 2.75) is 32.8 Å². The standard InChI is InChI=1S/C27H22Br3N3O4/c1-2-3-4-25-32-22-7-6-18(28)12-19(22)27(34)33(25)31-13-17-9-20(29)26(21(30)10-17)35-14-16-5-8-23-24(11-16)37-15-36-23/h5-13H,2-4,14-15H2,1H3. The molecule has 3 aromatic carbocycles. The third kappa shape index (κ3) is 5.76. The van der Waals surface area contributed by atoms with Crippen LogP contribution in [0.3, 0.4) is 0 Å². The smallest absolute Gasteiger partial charge is 0.282 e. The average Bonchev–Trinajstić information content (AvgIpc) is 3.35. The van der Waals surface area contributed by atoms with E-state index in [2.05, 4.69) is 59.8 Å². The van der Waals surface area contributed by atoms with Crippen molar-refractivity contribution < 1.29 is 14.2 Å². The lowest BCUT2D eigenvalue weighted by molar-refractivity contribution is 0.174. The Morgan fingerprint density at radius 3 is 2.62 bits per heavy atom. The second-order valence-electron chi connectivity index (χ2n) is 8.44. The van der Waals surface area contributed by atoms with E-state index in [0.29, 0.717) is 35.5 Å². The van der Waals surface area contributed by atoms with E-state index in [1.54, 1.807) is 12.3 Å². The van der Waals surface area contributed by atoms with E-state index in [9.17, 15) is 4.79 Å². The van der Waals surface area contributed by atoms with Crippen molar-refractivity contribution in [1.82, 2.24) is 9.66 Å². The summed E-state index contributed by atoms with van der Waals surface area (Å²) in [7, 11) is 0. The molecular weight excluding hydrogens is 670 g/mol.